The SMILES string of the molecule is Cc1cc(N2CCOCC2)ncc1[C@@H]1CCCCN1Cc1ccccc1. The number of ether oxygens (including phenoxy) is 1. The van der Waals surface area contributed by atoms with Crippen molar-refractivity contribution >= 4 is 5.82 Å². The smallest absolute Gasteiger partial charge is 0.128 e. The second-order valence-corrected chi connectivity index (χ2v) is 7.47. The van der Waals surface area contributed by atoms with Crippen LogP contribution in [0.1, 0.15) is 42.0 Å². The Bertz CT molecular complexity index is 713. The lowest BCUT2D eigenvalue weighted by atomic mass is 9.93. The van der Waals surface area contributed by atoms with Crippen LogP contribution in [-0.2, 0) is 11.3 Å². The van der Waals surface area contributed by atoms with E-state index in [4.69, 9.17) is 9.72 Å². The molecule has 2 fully saturated rings. The molecular formula is C22H29N3O. The lowest BCUT2D eigenvalue weighted by Crippen LogP contribution is -2.37. The van der Waals surface area contributed by atoms with E-state index in [2.05, 4.69) is 59.3 Å². The number of nitrogens with zero attached hydrogens (tertiary/aromatic N) is 3. The van der Waals surface area contributed by atoms with Gasteiger partial charge in [0.05, 0.1) is 13.2 Å². The number of anilines is 1. The van der Waals surface area contributed by atoms with Crippen molar-refractivity contribution in [3.8, 4) is 0 Å². The molecule has 138 valence electrons. The van der Waals surface area contributed by atoms with Crippen LogP contribution in [0.5, 0.6) is 0 Å². The number of benzene rings is 1. The van der Waals surface area contributed by atoms with Crippen LogP contribution in [0, 0.1) is 6.92 Å². The zero-order valence-corrected chi connectivity index (χ0v) is 15.7. The number of likely N-dealkylation sites (tertiary alicyclic amines) is 1. The van der Waals surface area contributed by atoms with Crippen LogP contribution in [0.2, 0.25) is 0 Å². The molecule has 0 unspecified atom stereocenters. The first-order valence-electron chi connectivity index (χ1n) is 9.88. The Morgan fingerprint density at radius 2 is 1.88 bits per heavy atom. The lowest BCUT2D eigenvalue weighted by molar-refractivity contribution is 0.122. The van der Waals surface area contributed by atoms with Gasteiger partial charge >= 0.3 is 0 Å². The molecular weight excluding hydrogens is 322 g/mol. The molecule has 2 aliphatic rings. The van der Waals surface area contributed by atoms with E-state index < -0.39 is 0 Å². The topological polar surface area (TPSA) is 28.6 Å². The van der Waals surface area contributed by atoms with Gasteiger partial charge in [-0.1, -0.05) is 36.8 Å². The Morgan fingerprint density at radius 1 is 1.08 bits per heavy atom. The van der Waals surface area contributed by atoms with Gasteiger partial charge in [0, 0.05) is 31.9 Å². The molecule has 4 heteroatoms. The van der Waals surface area contributed by atoms with E-state index in [1.54, 1.807) is 0 Å². The average molecular weight is 351 g/mol. The molecule has 0 N–H and O–H groups in total. The summed E-state index contributed by atoms with van der Waals surface area (Å²) in [4.78, 5) is 9.80. The Labute approximate surface area is 156 Å². The summed E-state index contributed by atoms with van der Waals surface area (Å²) in [5.41, 5.74) is 4.17. The number of morpholine rings is 1. The molecule has 4 nitrogen and oxygen atoms in total. The number of aromatic nitrogens is 1. The zero-order chi connectivity index (χ0) is 17.8. The van der Waals surface area contributed by atoms with Crippen molar-refractivity contribution in [2.45, 2.75) is 38.8 Å². The second-order valence-electron chi connectivity index (χ2n) is 7.47. The minimum Gasteiger partial charge on any atom is -0.378 e. The molecule has 2 aliphatic heterocycles. The van der Waals surface area contributed by atoms with Gasteiger partial charge in [-0.3, -0.25) is 4.90 Å². The highest BCUT2D eigenvalue weighted by molar-refractivity contribution is 5.44. The quantitative estimate of drug-likeness (QED) is 0.834. The van der Waals surface area contributed by atoms with Crippen LogP contribution >= 0.6 is 0 Å². The van der Waals surface area contributed by atoms with E-state index in [-0.39, 0.29) is 0 Å². The highest BCUT2D eigenvalue weighted by atomic mass is 16.5. The van der Waals surface area contributed by atoms with E-state index in [0.29, 0.717) is 6.04 Å². The molecule has 1 atom stereocenters. The molecule has 2 aromatic rings. The van der Waals surface area contributed by atoms with Crippen molar-refractivity contribution in [2.75, 3.05) is 37.7 Å². The maximum absolute atomic E-state index is 5.46. The van der Waals surface area contributed by atoms with Gasteiger partial charge in [-0.15, -0.1) is 0 Å². The predicted octanol–water partition coefficient (Wildman–Crippen LogP) is 3.95. The predicted molar refractivity (Wildman–Crippen MR) is 105 cm³/mol. The monoisotopic (exact) mass is 351 g/mol. The third-order valence-electron chi connectivity index (χ3n) is 5.67. The van der Waals surface area contributed by atoms with E-state index in [0.717, 1.165) is 38.7 Å². The fraction of sp³-hybridized carbons (Fsp3) is 0.500. The first-order chi connectivity index (χ1) is 12.8. The van der Waals surface area contributed by atoms with Gasteiger partial charge in [-0.2, -0.15) is 0 Å². The van der Waals surface area contributed by atoms with Crippen LogP contribution in [0.4, 0.5) is 5.82 Å². The van der Waals surface area contributed by atoms with E-state index in [9.17, 15) is 0 Å². The van der Waals surface area contributed by atoms with Gasteiger partial charge in [0.2, 0.25) is 0 Å². The Morgan fingerprint density at radius 3 is 2.65 bits per heavy atom. The summed E-state index contributed by atoms with van der Waals surface area (Å²) in [7, 11) is 0. The first kappa shape index (κ1) is 17.5. The molecule has 26 heavy (non-hydrogen) atoms. The number of hydrogen-bond donors (Lipinski definition) is 0. The van der Waals surface area contributed by atoms with Gasteiger partial charge in [0.15, 0.2) is 0 Å². The summed E-state index contributed by atoms with van der Waals surface area (Å²) < 4.78 is 5.46. The van der Waals surface area contributed by atoms with E-state index in [1.807, 2.05) is 0 Å². The maximum atomic E-state index is 5.46. The summed E-state index contributed by atoms with van der Waals surface area (Å²) in [6.07, 6.45) is 5.96. The third kappa shape index (κ3) is 3.92. The Balaban J connectivity index is 1.54. The number of piperidine rings is 1. The molecule has 0 radical (unpaired) electrons. The van der Waals surface area contributed by atoms with Crippen molar-refractivity contribution in [2.24, 2.45) is 0 Å². The minimum atomic E-state index is 0.482. The van der Waals surface area contributed by atoms with Crippen LogP contribution in [0.15, 0.2) is 42.6 Å². The largest absolute Gasteiger partial charge is 0.378 e. The van der Waals surface area contributed by atoms with Crippen molar-refractivity contribution in [1.82, 2.24) is 9.88 Å². The molecule has 0 aliphatic carbocycles. The molecule has 0 spiro atoms. The second kappa shape index (κ2) is 8.19. The van der Waals surface area contributed by atoms with Gasteiger partial charge in [0.25, 0.3) is 0 Å². The zero-order valence-electron chi connectivity index (χ0n) is 15.7. The first-order valence-corrected chi connectivity index (χ1v) is 9.88. The summed E-state index contributed by atoms with van der Waals surface area (Å²) in [5.74, 6) is 1.10. The molecule has 4 rings (SSSR count). The minimum absolute atomic E-state index is 0.482. The van der Waals surface area contributed by atoms with Gasteiger partial charge in [-0.05, 0) is 49.1 Å². The number of aryl methyl sites for hydroxylation is 1. The van der Waals surface area contributed by atoms with Crippen LogP contribution in [0.3, 0.4) is 0 Å². The van der Waals surface area contributed by atoms with Crippen molar-refractivity contribution in [1.29, 1.82) is 0 Å². The highest BCUT2D eigenvalue weighted by Gasteiger charge is 2.26. The fourth-order valence-electron chi connectivity index (χ4n) is 4.22. The summed E-state index contributed by atoms with van der Waals surface area (Å²) in [6, 6.07) is 13.6. The number of hydrogen-bond acceptors (Lipinski definition) is 4. The molecule has 0 bridgehead atoms. The Hall–Kier alpha value is -1.91. The van der Waals surface area contributed by atoms with Crippen molar-refractivity contribution in [3.63, 3.8) is 0 Å². The standard InChI is InChI=1S/C22H29N3O/c1-18-15-22(24-11-13-26-14-12-24)23-16-20(18)21-9-5-6-10-25(21)17-19-7-3-2-4-8-19/h2-4,7-8,15-16,21H,5-6,9-14,17H2,1H3/t21-/m0/s1. The fourth-order valence-corrected chi connectivity index (χ4v) is 4.22. The molecule has 0 saturated carbocycles. The van der Waals surface area contributed by atoms with Crippen LogP contribution in [0.25, 0.3) is 0 Å². The van der Waals surface area contributed by atoms with Gasteiger partial charge < -0.3 is 9.64 Å². The van der Waals surface area contributed by atoms with Crippen molar-refractivity contribution < 1.29 is 4.74 Å². The number of rotatable bonds is 4. The maximum Gasteiger partial charge on any atom is 0.128 e. The summed E-state index contributed by atoms with van der Waals surface area (Å²) >= 11 is 0. The van der Waals surface area contributed by atoms with E-state index >= 15 is 0 Å². The molecule has 0 amide bonds. The number of pyridine rings is 1. The summed E-state index contributed by atoms with van der Waals surface area (Å²) in [5, 5.41) is 0. The normalized spacial score (nSPS) is 21.7. The van der Waals surface area contributed by atoms with Gasteiger partial charge in [0.1, 0.15) is 5.82 Å². The van der Waals surface area contributed by atoms with E-state index in [1.165, 1.54) is 42.5 Å². The molecule has 3 heterocycles. The molecule has 2 saturated heterocycles. The molecule has 1 aromatic carbocycles. The van der Waals surface area contributed by atoms with Crippen LogP contribution in [-0.4, -0.2) is 42.7 Å². The third-order valence-corrected chi connectivity index (χ3v) is 5.67. The highest BCUT2D eigenvalue weighted by Crippen LogP contribution is 2.34. The van der Waals surface area contributed by atoms with Crippen LogP contribution < -0.4 is 4.90 Å². The molecule has 1 aromatic heterocycles. The summed E-state index contributed by atoms with van der Waals surface area (Å²) in [6.45, 7) is 7.92. The average Bonchev–Trinajstić information content (AvgIpc) is 2.70. The lowest BCUT2D eigenvalue weighted by Gasteiger charge is -2.37. The van der Waals surface area contributed by atoms with Gasteiger partial charge in [-0.25, -0.2) is 4.98 Å². The Kier molecular flexibility index (Phi) is 5.51. The van der Waals surface area contributed by atoms with Crippen molar-refractivity contribution in [3.05, 3.63) is 59.3 Å².